The third-order valence-corrected chi connectivity index (χ3v) is 9.76. The topological polar surface area (TPSA) is 18.5 Å². The Morgan fingerprint density at radius 1 is 0.800 bits per heavy atom. The summed E-state index contributed by atoms with van der Waals surface area (Å²) in [6.45, 7) is 9.31. The van der Waals surface area contributed by atoms with Gasteiger partial charge in [0.2, 0.25) is 6.29 Å². The van der Waals surface area contributed by atoms with Gasteiger partial charge in [-0.25, -0.2) is 0 Å². The van der Waals surface area contributed by atoms with Crippen LogP contribution in [0.2, 0.25) is 0 Å². The van der Waals surface area contributed by atoms with Crippen LogP contribution >= 0.6 is 0 Å². The third-order valence-electron chi connectivity index (χ3n) is 9.76. The predicted molar refractivity (Wildman–Crippen MR) is 143 cm³/mol. The Kier molecular flexibility index (Phi) is 6.29. The molecule has 0 aromatic heterocycles. The van der Waals surface area contributed by atoms with Gasteiger partial charge in [0.1, 0.15) is 5.75 Å². The SMILES string of the molecule is CC(C)C(c1ccc(OC(OC2CC3CC2C2CCCC32)C2C=Cc3ccccc32)cc1)C(C)C. The fourth-order valence-corrected chi connectivity index (χ4v) is 8.48. The van der Waals surface area contributed by atoms with Gasteiger partial charge in [-0.1, -0.05) is 82.7 Å². The summed E-state index contributed by atoms with van der Waals surface area (Å²) in [4.78, 5) is 0. The van der Waals surface area contributed by atoms with Crippen molar-refractivity contribution in [2.24, 2.45) is 35.5 Å². The fraction of sp³-hybridized carbons (Fsp3) is 0.576. The first-order valence-electron chi connectivity index (χ1n) is 14.2. The van der Waals surface area contributed by atoms with E-state index in [1.54, 1.807) is 0 Å². The van der Waals surface area contributed by atoms with Crippen molar-refractivity contribution < 1.29 is 9.47 Å². The molecule has 2 aromatic rings. The first-order valence-corrected chi connectivity index (χ1v) is 14.2. The Morgan fingerprint density at radius 2 is 1.54 bits per heavy atom. The molecule has 6 rings (SSSR count). The zero-order valence-corrected chi connectivity index (χ0v) is 21.9. The molecule has 0 heterocycles. The summed E-state index contributed by atoms with van der Waals surface area (Å²) in [6.07, 6.45) is 11.5. The van der Waals surface area contributed by atoms with Gasteiger partial charge in [-0.3, -0.25) is 0 Å². The molecule has 3 fully saturated rings. The summed E-state index contributed by atoms with van der Waals surface area (Å²) in [5.74, 6) is 6.36. The lowest BCUT2D eigenvalue weighted by Gasteiger charge is -2.35. The number of hydrogen-bond acceptors (Lipinski definition) is 2. The van der Waals surface area contributed by atoms with E-state index in [1.165, 1.54) is 48.8 Å². The third kappa shape index (κ3) is 4.26. The molecule has 7 atom stereocenters. The average molecular weight is 471 g/mol. The minimum atomic E-state index is -0.282. The van der Waals surface area contributed by atoms with E-state index in [-0.39, 0.29) is 12.2 Å². The number of hydrogen-bond donors (Lipinski definition) is 0. The maximum absolute atomic E-state index is 6.98. The van der Waals surface area contributed by atoms with Crippen molar-refractivity contribution >= 4 is 6.08 Å². The first-order chi connectivity index (χ1) is 17.0. The van der Waals surface area contributed by atoms with Crippen molar-refractivity contribution in [3.05, 3.63) is 71.3 Å². The average Bonchev–Trinajstić information content (AvgIpc) is 3.61. The standard InChI is InChI=1S/C33H42O2/c1-20(2)32(21(3)4)23-12-15-25(16-13-23)34-33(29-17-14-22-8-5-6-9-26(22)29)35-31-19-24-18-30(31)28-11-7-10-27(24)28/h5-6,8-9,12-17,20-21,24,27-33H,7,10-11,18-19H2,1-4H3. The zero-order chi connectivity index (χ0) is 24.1. The molecule has 0 amide bonds. The zero-order valence-electron chi connectivity index (χ0n) is 21.9. The maximum atomic E-state index is 6.98. The molecule has 2 aromatic carbocycles. The van der Waals surface area contributed by atoms with E-state index >= 15 is 0 Å². The Morgan fingerprint density at radius 3 is 2.31 bits per heavy atom. The van der Waals surface area contributed by atoms with E-state index in [1.807, 2.05) is 0 Å². The lowest BCUT2D eigenvalue weighted by Crippen LogP contribution is -2.37. The van der Waals surface area contributed by atoms with Gasteiger partial charge in [-0.2, -0.15) is 0 Å². The molecular weight excluding hydrogens is 428 g/mol. The Balaban J connectivity index is 1.24. The van der Waals surface area contributed by atoms with Crippen molar-refractivity contribution in [2.45, 2.75) is 84.0 Å². The monoisotopic (exact) mass is 470 g/mol. The first kappa shape index (κ1) is 23.3. The van der Waals surface area contributed by atoms with E-state index < -0.39 is 0 Å². The highest BCUT2D eigenvalue weighted by atomic mass is 16.7. The van der Waals surface area contributed by atoms with Gasteiger partial charge in [0, 0.05) is 0 Å². The molecule has 2 nitrogen and oxygen atoms in total. The van der Waals surface area contributed by atoms with Crippen LogP contribution < -0.4 is 4.74 Å². The van der Waals surface area contributed by atoms with Crippen LogP contribution in [0.5, 0.6) is 5.75 Å². The summed E-state index contributed by atoms with van der Waals surface area (Å²) in [5.41, 5.74) is 4.03. The largest absolute Gasteiger partial charge is 0.464 e. The minimum absolute atomic E-state index is 0.142. The quantitative estimate of drug-likeness (QED) is 0.360. The second kappa shape index (κ2) is 9.43. The second-order valence-electron chi connectivity index (χ2n) is 12.4. The molecule has 0 N–H and O–H groups in total. The van der Waals surface area contributed by atoms with E-state index in [2.05, 4.69) is 88.4 Å². The molecule has 3 saturated carbocycles. The van der Waals surface area contributed by atoms with Crippen LogP contribution in [0.3, 0.4) is 0 Å². The Labute approximate surface area is 212 Å². The molecule has 0 radical (unpaired) electrons. The Bertz CT molecular complexity index is 1040. The van der Waals surface area contributed by atoms with Crippen molar-refractivity contribution in [3.8, 4) is 5.75 Å². The number of rotatable bonds is 8. The highest BCUT2D eigenvalue weighted by Gasteiger charge is 2.55. The molecule has 2 heteroatoms. The van der Waals surface area contributed by atoms with Gasteiger partial charge in [0.25, 0.3) is 0 Å². The van der Waals surface area contributed by atoms with Gasteiger partial charge in [0.05, 0.1) is 12.0 Å². The molecule has 186 valence electrons. The van der Waals surface area contributed by atoms with Gasteiger partial charge in [-0.05, 0) is 95.9 Å². The van der Waals surface area contributed by atoms with Gasteiger partial charge in [0.15, 0.2) is 0 Å². The van der Waals surface area contributed by atoms with Gasteiger partial charge in [-0.15, -0.1) is 0 Å². The molecule has 0 saturated heterocycles. The highest BCUT2D eigenvalue weighted by molar-refractivity contribution is 5.62. The van der Waals surface area contributed by atoms with Crippen molar-refractivity contribution in [3.63, 3.8) is 0 Å². The molecule has 0 spiro atoms. The van der Waals surface area contributed by atoms with Gasteiger partial charge >= 0.3 is 0 Å². The van der Waals surface area contributed by atoms with Crippen LogP contribution in [0.15, 0.2) is 54.6 Å². The molecule has 4 aliphatic carbocycles. The minimum Gasteiger partial charge on any atom is -0.464 e. The summed E-state index contributed by atoms with van der Waals surface area (Å²) >= 11 is 0. The van der Waals surface area contributed by atoms with Crippen LogP contribution in [0.1, 0.15) is 88.3 Å². The van der Waals surface area contributed by atoms with E-state index in [0.717, 1.165) is 29.4 Å². The summed E-state index contributed by atoms with van der Waals surface area (Å²) in [5, 5.41) is 0. The van der Waals surface area contributed by atoms with Crippen LogP contribution in [-0.4, -0.2) is 12.4 Å². The maximum Gasteiger partial charge on any atom is 0.210 e. The lowest BCUT2D eigenvalue weighted by atomic mass is 9.80. The summed E-state index contributed by atoms with van der Waals surface area (Å²) in [6, 6.07) is 17.6. The van der Waals surface area contributed by atoms with E-state index in [9.17, 15) is 0 Å². The molecule has 2 bridgehead atoms. The number of fused-ring (bicyclic) bond motifs is 6. The molecule has 4 aliphatic rings. The normalized spacial score (nSPS) is 31.5. The molecule has 35 heavy (non-hydrogen) atoms. The Hall–Kier alpha value is -2.06. The van der Waals surface area contributed by atoms with Crippen molar-refractivity contribution in [1.82, 2.24) is 0 Å². The summed E-state index contributed by atoms with van der Waals surface area (Å²) < 4.78 is 13.7. The molecule has 7 unspecified atom stereocenters. The van der Waals surface area contributed by atoms with Crippen LogP contribution in [-0.2, 0) is 4.74 Å². The van der Waals surface area contributed by atoms with Gasteiger partial charge < -0.3 is 9.47 Å². The number of benzene rings is 2. The van der Waals surface area contributed by atoms with Crippen LogP contribution in [0, 0.1) is 35.5 Å². The van der Waals surface area contributed by atoms with E-state index in [4.69, 9.17) is 9.47 Å². The van der Waals surface area contributed by atoms with Crippen LogP contribution in [0.4, 0.5) is 0 Å². The number of ether oxygens (including phenoxy) is 2. The lowest BCUT2D eigenvalue weighted by molar-refractivity contribution is -0.148. The molecule has 0 aliphatic heterocycles. The molecular formula is C33H42O2. The fourth-order valence-electron chi connectivity index (χ4n) is 8.48. The highest BCUT2D eigenvalue weighted by Crippen LogP contribution is 2.59. The van der Waals surface area contributed by atoms with Crippen LogP contribution in [0.25, 0.3) is 6.08 Å². The smallest absolute Gasteiger partial charge is 0.210 e. The second-order valence-corrected chi connectivity index (χ2v) is 12.4. The van der Waals surface area contributed by atoms with Crippen molar-refractivity contribution in [2.75, 3.05) is 0 Å². The van der Waals surface area contributed by atoms with E-state index in [0.29, 0.717) is 23.9 Å². The summed E-state index contributed by atoms with van der Waals surface area (Å²) in [7, 11) is 0. The van der Waals surface area contributed by atoms with Crippen molar-refractivity contribution in [1.29, 1.82) is 0 Å². The predicted octanol–water partition coefficient (Wildman–Crippen LogP) is 8.44.